The first-order valence-corrected chi connectivity index (χ1v) is 8.03. The Morgan fingerprint density at radius 1 is 0.920 bits per heavy atom. The van der Waals surface area contributed by atoms with Crippen LogP contribution in [0.4, 0.5) is 0 Å². The smallest absolute Gasteiger partial charge is 0.149 e. The Morgan fingerprint density at radius 3 is 2.32 bits per heavy atom. The molecule has 0 bridgehead atoms. The minimum atomic E-state index is 0.565. The molecule has 0 aliphatic heterocycles. The minimum absolute atomic E-state index is 0.565. The number of nitrogens with zero attached hydrogens (tertiary/aromatic N) is 2. The molecule has 122 valence electrons. The fourth-order valence-corrected chi connectivity index (χ4v) is 2.71. The molecule has 0 atom stereocenters. The van der Waals surface area contributed by atoms with Gasteiger partial charge in [-0.05, 0) is 30.3 Å². The number of nitrogens with two attached hydrogens (primary N) is 1. The van der Waals surface area contributed by atoms with Crippen molar-refractivity contribution in [1.82, 2.24) is 9.78 Å². The maximum Gasteiger partial charge on any atom is 0.149 e. The molecule has 0 amide bonds. The maximum absolute atomic E-state index is 6.20. The molecular weight excluding hydrogens is 310 g/mol. The van der Waals surface area contributed by atoms with Gasteiger partial charge in [-0.1, -0.05) is 48.5 Å². The van der Waals surface area contributed by atoms with E-state index in [-0.39, 0.29) is 0 Å². The van der Waals surface area contributed by atoms with Crippen LogP contribution in [0.1, 0.15) is 11.3 Å². The van der Waals surface area contributed by atoms with Crippen molar-refractivity contribution >= 4 is 11.8 Å². The van der Waals surface area contributed by atoms with Gasteiger partial charge < -0.3 is 10.2 Å². The molecule has 0 saturated carbocycles. The molecular formula is C21H17N3O. The van der Waals surface area contributed by atoms with E-state index in [0.29, 0.717) is 11.5 Å². The number of hydrogen-bond donors (Lipinski definition) is 1. The molecule has 0 radical (unpaired) electrons. The van der Waals surface area contributed by atoms with Crippen LogP contribution in [-0.2, 0) is 0 Å². The third-order valence-corrected chi connectivity index (χ3v) is 3.93. The Morgan fingerprint density at radius 2 is 1.64 bits per heavy atom. The van der Waals surface area contributed by atoms with E-state index in [4.69, 9.17) is 15.2 Å². The number of furan rings is 1. The zero-order valence-corrected chi connectivity index (χ0v) is 13.5. The summed E-state index contributed by atoms with van der Waals surface area (Å²) in [6, 6.07) is 23.7. The fourth-order valence-electron chi connectivity index (χ4n) is 2.71. The van der Waals surface area contributed by atoms with Gasteiger partial charge in [0.05, 0.1) is 17.6 Å². The van der Waals surface area contributed by atoms with Crippen LogP contribution in [0.2, 0.25) is 0 Å². The first kappa shape index (κ1) is 15.0. The quantitative estimate of drug-likeness (QED) is 0.596. The maximum atomic E-state index is 6.20. The van der Waals surface area contributed by atoms with Crippen LogP contribution in [0.5, 0.6) is 0 Å². The van der Waals surface area contributed by atoms with Crippen molar-refractivity contribution in [3.63, 3.8) is 0 Å². The van der Waals surface area contributed by atoms with Crippen molar-refractivity contribution < 1.29 is 4.42 Å². The van der Waals surface area contributed by atoms with Gasteiger partial charge in [0, 0.05) is 17.3 Å². The first-order valence-electron chi connectivity index (χ1n) is 8.03. The molecule has 2 aromatic heterocycles. The first-order chi connectivity index (χ1) is 12.3. The largest absolute Gasteiger partial charge is 0.463 e. The van der Waals surface area contributed by atoms with Crippen molar-refractivity contribution in [2.75, 3.05) is 0 Å². The summed E-state index contributed by atoms with van der Waals surface area (Å²) < 4.78 is 7.25. The van der Waals surface area contributed by atoms with Crippen molar-refractivity contribution in [1.29, 1.82) is 0 Å². The summed E-state index contributed by atoms with van der Waals surface area (Å²) in [7, 11) is 0. The third-order valence-electron chi connectivity index (χ3n) is 3.93. The van der Waals surface area contributed by atoms with E-state index in [2.05, 4.69) is 0 Å². The van der Waals surface area contributed by atoms with Gasteiger partial charge in [-0.25, -0.2) is 4.68 Å². The van der Waals surface area contributed by atoms with Crippen molar-refractivity contribution in [2.24, 2.45) is 5.73 Å². The second kappa shape index (κ2) is 6.53. The normalized spacial score (nSPS) is 11.6. The average molecular weight is 327 g/mol. The fraction of sp³-hybridized carbons (Fsp3) is 0. The molecule has 0 spiro atoms. The van der Waals surface area contributed by atoms with Crippen LogP contribution < -0.4 is 5.73 Å². The van der Waals surface area contributed by atoms with E-state index >= 15 is 0 Å². The van der Waals surface area contributed by atoms with E-state index in [1.807, 2.05) is 89.8 Å². The molecule has 0 unspecified atom stereocenters. The van der Waals surface area contributed by atoms with Crippen molar-refractivity contribution in [2.45, 2.75) is 0 Å². The highest BCUT2D eigenvalue weighted by atomic mass is 16.3. The predicted octanol–water partition coefficient (Wildman–Crippen LogP) is 4.59. The molecule has 4 heteroatoms. The summed E-state index contributed by atoms with van der Waals surface area (Å²) in [5.74, 6) is 0.645. The monoisotopic (exact) mass is 327 g/mol. The van der Waals surface area contributed by atoms with Gasteiger partial charge >= 0.3 is 0 Å². The molecule has 4 aromatic rings. The number of aromatic nitrogens is 2. The average Bonchev–Trinajstić information content (AvgIpc) is 3.33. The van der Waals surface area contributed by atoms with Gasteiger partial charge in [0.2, 0.25) is 0 Å². The summed E-state index contributed by atoms with van der Waals surface area (Å²) >= 11 is 0. The topological polar surface area (TPSA) is 57.0 Å². The molecule has 2 N–H and O–H groups in total. The number of benzene rings is 2. The van der Waals surface area contributed by atoms with E-state index < -0.39 is 0 Å². The van der Waals surface area contributed by atoms with Gasteiger partial charge in [0.1, 0.15) is 11.5 Å². The lowest BCUT2D eigenvalue weighted by Crippen LogP contribution is -1.94. The van der Waals surface area contributed by atoms with E-state index in [9.17, 15) is 0 Å². The lowest BCUT2D eigenvalue weighted by atomic mass is 10.1. The molecule has 0 aliphatic rings. The van der Waals surface area contributed by atoms with Crippen molar-refractivity contribution in [3.05, 3.63) is 96.6 Å². The predicted molar refractivity (Wildman–Crippen MR) is 99.8 cm³/mol. The van der Waals surface area contributed by atoms with Gasteiger partial charge in [-0.3, -0.25) is 0 Å². The lowest BCUT2D eigenvalue weighted by Gasteiger charge is -2.00. The van der Waals surface area contributed by atoms with Gasteiger partial charge in [-0.2, -0.15) is 5.10 Å². The summed E-state index contributed by atoms with van der Waals surface area (Å²) in [6.45, 7) is 0. The Hall–Kier alpha value is -3.53. The second-order valence-corrected chi connectivity index (χ2v) is 5.66. The standard InChI is InChI=1S/C21H17N3O/c22-19(20-12-7-13-25-20)14-17-15-24(18-10-5-2-6-11-18)23-21(17)16-8-3-1-4-9-16/h1-15H,22H2/b19-14-. The number of para-hydroxylation sites is 1. The van der Waals surface area contributed by atoms with E-state index in [0.717, 1.165) is 22.5 Å². The summed E-state index contributed by atoms with van der Waals surface area (Å²) in [4.78, 5) is 0. The minimum Gasteiger partial charge on any atom is -0.463 e. The van der Waals surface area contributed by atoms with Crippen LogP contribution >= 0.6 is 0 Å². The summed E-state index contributed by atoms with van der Waals surface area (Å²) in [5.41, 5.74) is 10.6. The highest BCUT2D eigenvalue weighted by Gasteiger charge is 2.12. The van der Waals surface area contributed by atoms with Crippen LogP contribution in [-0.4, -0.2) is 9.78 Å². The third kappa shape index (κ3) is 3.10. The zero-order chi connectivity index (χ0) is 17.1. The summed E-state index contributed by atoms with van der Waals surface area (Å²) in [6.07, 6.45) is 5.49. The van der Waals surface area contributed by atoms with Gasteiger partial charge in [0.25, 0.3) is 0 Å². The number of rotatable bonds is 4. The number of hydrogen-bond acceptors (Lipinski definition) is 3. The lowest BCUT2D eigenvalue weighted by molar-refractivity contribution is 0.552. The molecule has 0 fully saturated rings. The highest BCUT2D eigenvalue weighted by molar-refractivity contribution is 5.83. The van der Waals surface area contributed by atoms with Crippen LogP contribution in [0.15, 0.2) is 89.7 Å². The Bertz CT molecular complexity index is 984. The molecule has 2 aromatic carbocycles. The summed E-state index contributed by atoms with van der Waals surface area (Å²) in [5, 5.41) is 4.77. The molecule has 25 heavy (non-hydrogen) atoms. The van der Waals surface area contributed by atoms with Crippen molar-refractivity contribution in [3.8, 4) is 16.9 Å². The van der Waals surface area contributed by atoms with Crippen LogP contribution in [0.25, 0.3) is 28.7 Å². The molecule has 4 rings (SSSR count). The van der Waals surface area contributed by atoms with E-state index in [1.54, 1.807) is 6.26 Å². The molecule has 2 heterocycles. The Labute approximate surface area is 145 Å². The highest BCUT2D eigenvalue weighted by Crippen LogP contribution is 2.26. The SMILES string of the molecule is N/C(=C\c1cn(-c2ccccc2)nc1-c1ccccc1)c1ccco1. The van der Waals surface area contributed by atoms with Crippen LogP contribution in [0, 0.1) is 0 Å². The van der Waals surface area contributed by atoms with Gasteiger partial charge in [-0.15, -0.1) is 0 Å². The molecule has 0 aliphatic carbocycles. The Balaban J connectivity index is 1.84. The molecule has 4 nitrogen and oxygen atoms in total. The second-order valence-electron chi connectivity index (χ2n) is 5.66. The van der Waals surface area contributed by atoms with E-state index in [1.165, 1.54) is 0 Å². The Kier molecular flexibility index (Phi) is 3.92. The van der Waals surface area contributed by atoms with Gasteiger partial charge in [0.15, 0.2) is 0 Å². The van der Waals surface area contributed by atoms with Crippen LogP contribution in [0.3, 0.4) is 0 Å². The zero-order valence-electron chi connectivity index (χ0n) is 13.5. The molecule has 0 saturated heterocycles.